The van der Waals surface area contributed by atoms with E-state index in [4.69, 9.17) is 9.72 Å². The first-order chi connectivity index (χ1) is 14.5. The first-order valence-corrected chi connectivity index (χ1v) is 11.5. The van der Waals surface area contributed by atoms with Crippen LogP contribution in [0.25, 0.3) is 15.9 Å². The van der Waals surface area contributed by atoms with Crippen molar-refractivity contribution in [2.75, 3.05) is 13.7 Å². The first kappa shape index (κ1) is 20.7. The van der Waals surface area contributed by atoms with Crippen LogP contribution in [0.5, 0.6) is 5.75 Å². The molecular weight excluding hydrogens is 418 g/mol. The molecular formula is C22H23N3O3S2. The highest BCUT2D eigenvalue weighted by Crippen LogP contribution is 2.36. The van der Waals surface area contributed by atoms with Gasteiger partial charge in [-0.25, -0.2) is 4.98 Å². The van der Waals surface area contributed by atoms with Crippen LogP contribution in [0.4, 0.5) is 0 Å². The lowest BCUT2D eigenvalue weighted by atomic mass is 10.2. The Morgan fingerprint density at radius 1 is 1.40 bits per heavy atom. The third kappa shape index (κ3) is 3.77. The van der Waals surface area contributed by atoms with Crippen LogP contribution in [0.1, 0.15) is 23.8 Å². The van der Waals surface area contributed by atoms with Gasteiger partial charge in [0.25, 0.3) is 5.56 Å². The Kier molecular flexibility index (Phi) is 5.97. The molecule has 0 spiro atoms. The molecule has 0 bridgehead atoms. The second kappa shape index (κ2) is 8.65. The number of aryl methyl sites for hydroxylation is 2. The van der Waals surface area contributed by atoms with E-state index in [1.54, 1.807) is 29.1 Å². The molecule has 156 valence electrons. The minimum absolute atomic E-state index is 0.0780. The molecule has 0 fully saturated rings. The number of hydrogen-bond acceptors (Lipinski definition) is 6. The molecule has 0 saturated heterocycles. The van der Waals surface area contributed by atoms with Crippen molar-refractivity contribution in [2.24, 2.45) is 0 Å². The van der Waals surface area contributed by atoms with Gasteiger partial charge in [0.2, 0.25) is 5.91 Å². The monoisotopic (exact) mass is 441 g/mol. The van der Waals surface area contributed by atoms with E-state index < -0.39 is 5.25 Å². The maximum atomic E-state index is 13.6. The van der Waals surface area contributed by atoms with Crippen LogP contribution in [-0.2, 0) is 17.6 Å². The molecule has 6 nitrogen and oxygen atoms in total. The zero-order valence-electron chi connectivity index (χ0n) is 16.9. The van der Waals surface area contributed by atoms with Gasteiger partial charge in [-0.3, -0.25) is 14.2 Å². The number of thiophene rings is 1. The van der Waals surface area contributed by atoms with Gasteiger partial charge < -0.3 is 10.1 Å². The second-order valence-electron chi connectivity index (χ2n) is 7.06. The molecule has 0 saturated carbocycles. The van der Waals surface area contributed by atoms with Crippen molar-refractivity contribution < 1.29 is 9.53 Å². The third-order valence-electron chi connectivity index (χ3n) is 5.11. The summed E-state index contributed by atoms with van der Waals surface area (Å²) in [4.78, 5) is 32.9. The molecule has 1 aliphatic rings. The first-order valence-electron chi connectivity index (χ1n) is 9.80. The molecule has 1 aromatic carbocycles. The molecule has 3 aromatic rings. The van der Waals surface area contributed by atoms with Crippen molar-refractivity contribution in [3.63, 3.8) is 0 Å². The Hall–Kier alpha value is -2.58. The van der Waals surface area contributed by atoms with E-state index >= 15 is 0 Å². The van der Waals surface area contributed by atoms with Gasteiger partial charge in [-0.05, 0) is 56.0 Å². The molecule has 30 heavy (non-hydrogen) atoms. The Bertz CT molecular complexity index is 1170. The van der Waals surface area contributed by atoms with Gasteiger partial charge in [0.1, 0.15) is 10.6 Å². The summed E-state index contributed by atoms with van der Waals surface area (Å²) in [7, 11) is 1.61. The maximum absolute atomic E-state index is 13.6. The van der Waals surface area contributed by atoms with Crippen LogP contribution in [-0.4, -0.2) is 34.4 Å². The van der Waals surface area contributed by atoms with Gasteiger partial charge in [-0.2, -0.15) is 0 Å². The van der Waals surface area contributed by atoms with E-state index in [1.807, 2.05) is 31.2 Å². The van der Waals surface area contributed by atoms with Gasteiger partial charge in [-0.15, -0.1) is 17.9 Å². The fourth-order valence-electron chi connectivity index (χ4n) is 3.59. The predicted octanol–water partition coefficient (Wildman–Crippen LogP) is 3.73. The quantitative estimate of drug-likeness (QED) is 0.344. The van der Waals surface area contributed by atoms with E-state index in [0.717, 1.165) is 35.0 Å². The van der Waals surface area contributed by atoms with Crippen molar-refractivity contribution in [3.05, 3.63) is 57.7 Å². The Morgan fingerprint density at radius 3 is 2.87 bits per heavy atom. The lowest BCUT2D eigenvalue weighted by molar-refractivity contribution is -0.120. The number of fused-ring (bicyclic) bond motifs is 3. The van der Waals surface area contributed by atoms with Crippen molar-refractivity contribution >= 4 is 39.2 Å². The van der Waals surface area contributed by atoms with Crippen LogP contribution in [0.15, 0.2) is 46.9 Å². The number of carbonyl (C=O) groups excluding carboxylic acids is 1. The number of carbonyl (C=O) groups is 1. The predicted molar refractivity (Wildman–Crippen MR) is 122 cm³/mol. The number of hydrogen-bond donors (Lipinski definition) is 1. The average Bonchev–Trinajstić information content (AvgIpc) is 3.33. The molecule has 1 unspecified atom stereocenters. The molecule has 1 aliphatic carbocycles. The van der Waals surface area contributed by atoms with E-state index in [0.29, 0.717) is 23.1 Å². The summed E-state index contributed by atoms with van der Waals surface area (Å²) in [6.45, 7) is 5.84. The minimum Gasteiger partial charge on any atom is -0.497 e. The highest BCUT2D eigenvalue weighted by atomic mass is 32.2. The molecule has 0 radical (unpaired) electrons. The number of nitrogens with one attached hydrogen (secondary N) is 1. The summed E-state index contributed by atoms with van der Waals surface area (Å²) in [5.74, 6) is 0.591. The van der Waals surface area contributed by atoms with Crippen LogP contribution in [0, 0.1) is 0 Å². The minimum atomic E-state index is -0.411. The summed E-state index contributed by atoms with van der Waals surface area (Å²) in [5, 5.41) is 3.62. The molecule has 1 amide bonds. The van der Waals surface area contributed by atoms with Crippen molar-refractivity contribution in [1.29, 1.82) is 0 Å². The van der Waals surface area contributed by atoms with Crippen LogP contribution >= 0.6 is 23.1 Å². The van der Waals surface area contributed by atoms with Crippen molar-refractivity contribution in [1.82, 2.24) is 14.9 Å². The number of nitrogens with zero attached hydrogens (tertiary/aromatic N) is 2. The topological polar surface area (TPSA) is 73.2 Å². The van der Waals surface area contributed by atoms with Crippen LogP contribution in [0.3, 0.4) is 0 Å². The summed E-state index contributed by atoms with van der Waals surface area (Å²) in [6.07, 6.45) is 4.64. The second-order valence-corrected chi connectivity index (χ2v) is 9.46. The zero-order chi connectivity index (χ0) is 21.3. The van der Waals surface area contributed by atoms with Gasteiger partial charge >= 0.3 is 0 Å². The number of amides is 1. The summed E-state index contributed by atoms with van der Waals surface area (Å²) in [6, 6.07) is 7.32. The molecule has 2 aromatic heterocycles. The highest BCUT2D eigenvalue weighted by Gasteiger charge is 2.25. The summed E-state index contributed by atoms with van der Waals surface area (Å²) < 4.78 is 6.87. The van der Waals surface area contributed by atoms with E-state index in [-0.39, 0.29) is 11.5 Å². The zero-order valence-corrected chi connectivity index (χ0v) is 18.6. The molecule has 2 heterocycles. The lowest BCUT2D eigenvalue weighted by Gasteiger charge is -2.16. The number of aromatic nitrogens is 2. The highest BCUT2D eigenvalue weighted by molar-refractivity contribution is 8.00. The summed E-state index contributed by atoms with van der Waals surface area (Å²) in [5.41, 5.74) is 1.77. The largest absolute Gasteiger partial charge is 0.497 e. The molecule has 4 rings (SSSR count). The van der Waals surface area contributed by atoms with Gasteiger partial charge in [0, 0.05) is 11.4 Å². The average molecular weight is 442 g/mol. The van der Waals surface area contributed by atoms with Crippen LogP contribution in [0.2, 0.25) is 0 Å². The molecule has 1 atom stereocenters. The Balaban J connectivity index is 1.83. The third-order valence-corrected chi connectivity index (χ3v) is 7.35. The number of methoxy groups -OCH3 is 1. The van der Waals surface area contributed by atoms with Crippen LogP contribution < -0.4 is 15.6 Å². The smallest absolute Gasteiger partial charge is 0.267 e. The van der Waals surface area contributed by atoms with Gasteiger partial charge in [-0.1, -0.05) is 17.8 Å². The number of rotatable bonds is 7. The number of benzene rings is 1. The van der Waals surface area contributed by atoms with E-state index in [1.165, 1.54) is 16.6 Å². The SMILES string of the molecule is C=CCNC(=O)C(C)Sc1nc2sc3c(c2c(=O)n1-c1ccc(OC)cc1)CCC3. The lowest BCUT2D eigenvalue weighted by Crippen LogP contribution is -2.32. The number of thioether (sulfide) groups is 1. The fourth-order valence-corrected chi connectivity index (χ4v) is 5.84. The van der Waals surface area contributed by atoms with Crippen molar-refractivity contribution in [3.8, 4) is 11.4 Å². The molecule has 8 heteroatoms. The number of ether oxygens (including phenoxy) is 1. The van der Waals surface area contributed by atoms with E-state index in [2.05, 4.69) is 11.9 Å². The summed E-state index contributed by atoms with van der Waals surface area (Å²) >= 11 is 2.89. The van der Waals surface area contributed by atoms with E-state index in [9.17, 15) is 9.59 Å². The van der Waals surface area contributed by atoms with Gasteiger partial charge in [0.05, 0.1) is 23.4 Å². The Labute approximate surface area is 183 Å². The van der Waals surface area contributed by atoms with Gasteiger partial charge in [0.15, 0.2) is 5.16 Å². The Morgan fingerprint density at radius 2 is 2.17 bits per heavy atom. The molecule has 1 N–H and O–H groups in total. The normalized spacial score (nSPS) is 13.8. The molecule has 0 aliphatic heterocycles. The fraction of sp³-hybridized carbons (Fsp3) is 0.318. The van der Waals surface area contributed by atoms with Crippen molar-refractivity contribution in [2.45, 2.75) is 36.6 Å². The maximum Gasteiger partial charge on any atom is 0.267 e. The standard InChI is InChI=1S/C22H23N3O3S2/c1-4-12-23-19(26)13(2)29-22-24-20-18(16-6-5-7-17(16)30-20)21(27)25(22)14-8-10-15(28-3)11-9-14/h4,8-11,13H,1,5-7,12H2,2-3H3,(H,23,26).